The lowest BCUT2D eigenvalue weighted by Crippen LogP contribution is -2.56. The fourth-order valence-corrected chi connectivity index (χ4v) is 7.95. The third-order valence-corrected chi connectivity index (χ3v) is 9.98. The maximum Gasteiger partial charge on any atom is 0.248 e. The van der Waals surface area contributed by atoms with Gasteiger partial charge in [0.15, 0.2) is 11.6 Å². The number of amides is 1. The monoisotopic (exact) mass is 533 g/mol. The van der Waals surface area contributed by atoms with Gasteiger partial charge in [0.2, 0.25) is 5.91 Å². The van der Waals surface area contributed by atoms with Crippen molar-refractivity contribution in [3.63, 3.8) is 0 Å². The number of phenolic OH excluding ortho intramolecular Hbond substituents is 2. The molecule has 2 aromatic rings. The number of phenols is 2. The molecule has 4 aliphatic carbocycles. The van der Waals surface area contributed by atoms with E-state index in [-0.39, 0.29) is 33.3 Å². The van der Waals surface area contributed by atoms with Gasteiger partial charge in [-0.2, -0.15) is 0 Å². The van der Waals surface area contributed by atoms with Crippen molar-refractivity contribution in [2.75, 3.05) is 7.11 Å². The number of allylic oxidation sites excluding steroid dienone is 3. The molecule has 9 nitrogen and oxygen atoms in total. The molecule has 0 bridgehead atoms. The Labute approximate surface area is 224 Å². The minimum absolute atomic E-state index is 0.0121. The summed E-state index contributed by atoms with van der Waals surface area (Å²) < 4.78 is 5.77. The molecule has 9 heteroatoms. The van der Waals surface area contributed by atoms with E-state index in [9.17, 15) is 34.8 Å². The van der Waals surface area contributed by atoms with Gasteiger partial charge in [0, 0.05) is 40.8 Å². The van der Waals surface area contributed by atoms with Gasteiger partial charge < -0.3 is 30.9 Å². The standard InChI is InChI=1S/C30H31NO8/c1-12-6-5-7-28(2,3)29(12)10-14-19-21(17(33)9-18(39-4)23(19)29)25(35)22-20(14)24(34)15-8-16(32)13(27(31)37)11-30(15,38)26(22)36/h6,9,15,32-33,35,38H,5,7-8,10-11H2,1-4H3,(H2,31,37)/t15-,29-,30+/m1/s1. The van der Waals surface area contributed by atoms with Crippen LogP contribution in [0.2, 0.25) is 0 Å². The molecule has 1 spiro atoms. The number of rotatable bonds is 2. The lowest BCUT2D eigenvalue weighted by Gasteiger charge is -2.49. The third-order valence-electron chi connectivity index (χ3n) is 9.98. The van der Waals surface area contributed by atoms with Crippen LogP contribution in [0.15, 0.2) is 29.0 Å². The van der Waals surface area contributed by atoms with E-state index in [1.54, 1.807) is 0 Å². The maximum atomic E-state index is 14.2. The van der Waals surface area contributed by atoms with Crippen LogP contribution in [0.5, 0.6) is 17.2 Å². The van der Waals surface area contributed by atoms with Crippen molar-refractivity contribution in [2.24, 2.45) is 17.1 Å². The largest absolute Gasteiger partial charge is 0.512 e. The van der Waals surface area contributed by atoms with E-state index < -0.39 is 58.8 Å². The summed E-state index contributed by atoms with van der Waals surface area (Å²) in [6.45, 7) is 6.31. The fraction of sp³-hybridized carbons (Fsp3) is 0.433. The second kappa shape index (κ2) is 7.63. The smallest absolute Gasteiger partial charge is 0.248 e. The van der Waals surface area contributed by atoms with Crippen molar-refractivity contribution >= 4 is 28.2 Å². The summed E-state index contributed by atoms with van der Waals surface area (Å²) in [7, 11) is 1.50. The molecule has 0 unspecified atom stereocenters. The summed E-state index contributed by atoms with van der Waals surface area (Å²) >= 11 is 0. The molecule has 0 saturated carbocycles. The Morgan fingerprint density at radius 3 is 2.41 bits per heavy atom. The van der Waals surface area contributed by atoms with Crippen LogP contribution in [0.3, 0.4) is 0 Å². The van der Waals surface area contributed by atoms with Gasteiger partial charge in [0.25, 0.3) is 0 Å². The number of methoxy groups -OCH3 is 1. The molecule has 0 radical (unpaired) electrons. The Bertz CT molecular complexity index is 1630. The second-order valence-electron chi connectivity index (χ2n) is 12.0. The van der Waals surface area contributed by atoms with Crippen LogP contribution in [-0.2, 0) is 16.6 Å². The molecule has 0 heterocycles. The lowest BCUT2D eigenvalue weighted by atomic mass is 9.54. The molecule has 1 amide bonds. The van der Waals surface area contributed by atoms with Gasteiger partial charge in [-0.05, 0) is 37.2 Å². The number of hydrogen-bond acceptors (Lipinski definition) is 8. The van der Waals surface area contributed by atoms with Gasteiger partial charge in [-0.3, -0.25) is 14.4 Å². The van der Waals surface area contributed by atoms with Crippen molar-refractivity contribution in [3.05, 3.63) is 51.3 Å². The number of fused-ring (bicyclic) bond motifs is 4. The van der Waals surface area contributed by atoms with E-state index in [4.69, 9.17) is 10.5 Å². The lowest BCUT2D eigenvalue weighted by molar-refractivity contribution is -0.116. The van der Waals surface area contributed by atoms with Crippen LogP contribution >= 0.6 is 0 Å². The van der Waals surface area contributed by atoms with Crippen molar-refractivity contribution in [1.82, 2.24) is 0 Å². The first-order chi connectivity index (χ1) is 18.2. The molecule has 39 heavy (non-hydrogen) atoms. The van der Waals surface area contributed by atoms with E-state index >= 15 is 0 Å². The number of aliphatic hydroxyl groups is 2. The quantitative estimate of drug-likeness (QED) is 0.365. The molecule has 6 rings (SSSR count). The molecule has 204 valence electrons. The third kappa shape index (κ3) is 2.81. The molecule has 3 atom stereocenters. The van der Waals surface area contributed by atoms with Gasteiger partial charge in [0.05, 0.1) is 29.6 Å². The molecule has 2 aromatic carbocycles. The second-order valence-corrected chi connectivity index (χ2v) is 12.0. The molecule has 0 aromatic heterocycles. The number of hydrogen-bond donors (Lipinski definition) is 5. The zero-order valence-electron chi connectivity index (χ0n) is 22.3. The summed E-state index contributed by atoms with van der Waals surface area (Å²) in [5.41, 5.74) is 3.56. The molecular weight excluding hydrogens is 502 g/mol. The number of benzene rings is 2. The van der Waals surface area contributed by atoms with Crippen molar-refractivity contribution in [3.8, 4) is 17.2 Å². The molecule has 4 aliphatic rings. The number of carbonyl (C=O) groups excluding carboxylic acids is 3. The van der Waals surface area contributed by atoms with Gasteiger partial charge in [-0.15, -0.1) is 0 Å². The average molecular weight is 534 g/mol. The Kier molecular flexibility index (Phi) is 4.97. The number of ether oxygens (including phenoxy) is 1. The highest BCUT2D eigenvalue weighted by Crippen LogP contribution is 2.65. The number of primary amides is 1. The van der Waals surface area contributed by atoms with E-state index in [1.165, 1.54) is 13.2 Å². The van der Waals surface area contributed by atoms with Crippen LogP contribution in [0, 0.1) is 11.3 Å². The first-order valence-corrected chi connectivity index (χ1v) is 13.0. The summed E-state index contributed by atoms with van der Waals surface area (Å²) in [4.78, 5) is 40.1. The topological polar surface area (TPSA) is 167 Å². The number of carbonyl (C=O) groups is 3. The molecule has 0 saturated heterocycles. The summed E-state index contributed by atoms with van der Waals surface area (Å²) in [5.74, 6) is -4.90. The van der Waals surface area contributed by atoms with E-state index in [0.717, 1.165) is 24.0 Å². The number of aliphatic hydroxyl groups excluding tert-OH is 1. The van der Waals surface area contributed by atoms with Crippen molar-refractivity contribution in [1.29, 1.82) is 0 Å². The van der Waals surface area contributed by atoms with E-state index in [1.807, 2.05) is 6.92 Å². The number of aromatic hydroxyl groups is 2. The summed E-state index contributed by atoms with van der Waals surface area (Å²) in [5, 5.41) is 45.2. The number of nitrogens with two attached hydrogens (primary N) is 1. The van der Waals surface area contributed by atoms with Crippen LogP contribution in [0.4, 0.5) is 0 Å². The zero-order valence-corrected chi connectivity index (χ0v) is 22.3. The molecule has 6 N–H and O–H groups in total. The summed E-state index contributed by atoms with van der Waals surface area (Å²) in [6.07, 6.45) is 3.07. The van der Waals surface area contributed by atoms with Crippen LogP contribution in [-0.4, -0.2) is 50.6 Å². The van der Waals surface area contributed by atoms with Gasteiger partial charge in [-0.25, -0.2) is 0 Å². The molecule has 0 fully saturated rings. The predicted molar refractivity (Wildman–Crippen MR) is 141 cm³/mol. The van der Waals surface area contributed by atoms with Gasteiger partial charge >= 0.3 is 0 Å². The Morgan fingerprint density at radius 1 is 1.10 bits per heavy atom. The van der Waals surface area contributed by atoms with Crippen LogP contribution < -0.4 is 10.5 Å². The van der Waals surface area contributed by atoms with E-state index in [0.29, 0.717) is 23.1 Å². The number of ketones is 2. The summed E-state index contributed by atoms with van der Waals surface area (Å²) in [6, 6.07) is 1.41. The maximum absolute atomic E-state index is 14.2. The highest BCUT2D eigenvalue weighted by molar-refractivity contribution is 6.26. The van der Waals surface area contributed by atoms with Crippen molar-refractivity contribution < 1.29 is 39.5 Å². The first kappa shape index (κ1) is 25.4. The van der Waals surface area contributed by atoms with Crippen LogP contribution in [0.25, 0.3) is 10.8 Å². The fourth-order valence-electron chi connectivity index (χ4n) is 7.95. The predicted octanol–water partition coefficient (Wildman–Crippen LogP) is 3.64. The SMILES string of the molecule is COc1cc(O)c2c(O)c3c(c4c2c1[C@@]1(C4)C(C)=CCCC1(C)C)C(=O)[C@H]1CC(O)=C(C(N)=O)C[C@@]1(O)C3=O. The van der Waals surface area contributed by atoms with Gasteiger partial charge in [-0.1, -0.05) is 25.5 Å². The molecule has 0 aliphatic heterocycles. The van der Waals surface area contributed by atoms with Crippen LogP contribution in [0.1, 0.15) is 78.3 Å². The average Bonchev–Trinajstić information content (AvgIpc) is 3.22. The first-order valence-electron chi connectivity index (χ1n) is 13.0. The minimum atomic E-state index is -2.39. The Hall–Kier alpha value is -3.85. The molecular formula is C30H31NO8. The van der Waals surface area contributed by atoms with Gasteiger partial charge in [0.1, 0.15) is 28.6 Å². The van der Waals surface area contributed by atoms with Crippen molar-refractivity contribution in [2.45, 2.75) is 63.9 Å². The highest BCUT2D eigenvalue weighted by atomic mass is 16.5. The number of Topliss-reactive ketones (excluding diaryl/α,β-unsaturated/α-hetero) is 2. The van der Waals surface area contributed by atoms with E-state index in [2.05, 4.69) is 19.9 Å². The minimum Gasteiger partial charge on any atom is -0.512 e. The normalized spacial score (nSPS) is 28.9. The zero-order chi connectivity index (χ0) is 28.4. The highest BCUT2D eigenvalue weighted by Gasteiger charge is 2.61. The Morgan fingerprint density at radius 2 is 1.79 bits per heavy atom. The Balaban J connectivity index is 1.73.